The van der Waals surface area contributed by atoms with Crippen LogP contribution in [0.15, 0.2) is 12.2 Å². The fraction of sp³-hybridized carbons (Fsp3) is 0.688. The van der Waals surface area contributed by atoms with Crippen molar-refractivity contribution >= 4 is 6.09 Å². The molecule has 0 bridgehead atoms. The van der Waals surface area contributed by atoms with Crippen molar-refractivity contribution < 1.29 is 23.8 Å². The number of terminal acetylenes is 1. The molecule has 1 atom stereocenters. The topological polar surface area (TPSA) is 57.2 Å². The summed E-state index contributed by atoms with van der Waals surface area (Å²) < 4.78 is 16.3. The lowest BCUT2D eigenvalue weighted by Crippen LogP contribution is -2.37. The van der Waals surface area contributed by atoms with Crippen LogP contribution in [0.2, 0.25) is 0 Å². The Bertz CT molecular complexity index is 444. The molecule has 0 radical (unpaired) electrons. The van der Waals surface area contributed by atoms with Crippen LogP contribution >= 0.6 is 0 Å². The van der Waals surface area contributed by atoms with E-state index in [4.69, 9.17) is 25.5 Å². The average molecular weight is 311 g/mol. The zero-order valence-corrected chi connectivity index (χ0v) is 13.9. The molecule has 1 aliphatic heterocycles. The third-order valence-corrected chi connectivity index (χ3v) is 2.55. The van der Waals surface area contributed by atoms with Gasteiger partial charge in [-0.25, -0.2) is 4.79 Å². The van der Waals surface area contributed by atoms with Gasteiger partial charge in [0.05, 0.1) is 13.2 Å². The summed E-state index contributed by atoms with van der Waals surface area (Å²) in [4.78, 5) is 17.2. The SMILES string of the molecule is C#CCON(C/C=C\[C@H]1COC(C)(C)O1)C(=O)OC(C)(C)C. The molecule has 1 heterocycles. The van der Waals surface area contributed by atoms with Gasteiger partial charge in [-0.15, -0.1) is 6.42 Å². The summed E-state index contributed by atoms with van der Waals surface area (Å²) in [5, 5.41) is 1.09. The van der Waals surface area contributed by atoms with Crippen molar-refractivity contribution in [1.29, 1.82) is 0 Å². The van der Waals surface area contributed by atoms with Crippen LogP contribution in [0.3, 0.4) is 0 Å². The van der Waals surface area contributed by atoms with Crippen LogP contribution in [-0.4, -0.2) is 48.4 Å². The fourth-order valence-corrected chi connectivity index (χ4v) is 1.73. The summed E-state index contributed by atoms with van der Waals surface area (Å²) in [6, 6.07) is 0. The maximum absolute atomic E-state index is 12.0. The predicted molar refractivity (Wildman–Crippen MR) is 81.8 cm³/mol. The summed E-state index contributed by atoms with van der Waals surface area (Å²) in [5.74, 6) is 1.73. The van der Waals surface area contributed by atoms with Gasteiger partial charge in [0.25, 0.3) is 0 Å². The molecule has 1 saturated heterocycles. The number of rotatable bonds is 5. The Morgan fingerprint density at radius 3 is 2.68 bits per heavy atom. The Balaban J connectivity index is 2.54. The van der Waals surface area contributed by atoms with Crippen molar-refractivity contribution in [3.8, 4) is 12.3 Å². The molecule has 6 heteroatoms. The van der Waals surface area contributed by atoms with Crippen molar-refractivity contribution in [2.75, 3.05) is 19.8 Å². The molecule has 0 saturated carbocycles. The van der Waals surface area contributed by atoms with Crippen molar-refractivity contribution in [2.24, 2.45) is 0 Å². The highest BCUT2D eigenvalue weighted by molar-refractivity contribution is 5.67. The van der Waals surface area contributed by atoms with E-state index in [1.807, 2.05) is 19.9 Å². The van der Waals surface area contributed by atoms with Gasteiger partial charge in [0.15, 0.2) is 5.79 Å². The first-order valence-corrected chi connectivity index (χ1v) is 7.18. The van der Waals surface area contributed by atoms with E-state index in [-0.39, 0.29) is 19.3 Å². The smallest absolute Gasteiger partial charge is 0.434 e. The van der Waals surface area contributed by atoms with E-state index >= 15 is 0 Å². The average Bonchev–Trinajstić information content (AvgIpc) is 2.71. The first-order valence-electron chi connectivity index (χ1n) is 7.18. The minimum Gasteiger partial charge on any atom is -0.442 e. The molecule has 0 aliphatic carbocycles. The van der Waals surface area contributed by atoms with Gasteiger partial charge in [-0.05, 0) is 34.6 Å². The summed E-state index contributed by atoms with van der Waals surface area (Å²) in [7, 11) is 0. The van der Waals surface area contributed by atoms with Gasteiger partial charge >= 0.3 is 6.09 Å². The zero-order valence-electron chi connectivity index (χ0n) is 13.9. The van der Waals surface area contributed by atoms with Crippen LogP contribution in [0.1, 0.15) is 34.6 Å². The lowest BCUT2D eigenvalue weighted by Gasteiger charge is -2.25. The Kier molecular flexibility index (Phi) is 6.42. The van der Waals surface area contributed by atoms with Crippen molar-refractivity contribution in [1.82, 2.24) is 5.06 Å². The summed E-state index contributed by atoms with van der Waals surface area (Å²) in [6.07, 6.45) is 8.00. The second kappa shape index (κ2) is 7.63. The van der Waals surface area contributed by atoms with Gasteiger partial charge in [-0.1, -0.05) is 18.1 Å². The molecule has 0 aromatic heterocycles. The Morgan fingerprint density at radius 1 is 1.50 bits per heavy atom. The molecular weight excluding hydrogens is 286 g/mol. The highest BCUT2D eigenvalue weighted by atomic mass is 16.7. The second-order valence-corrected chi connectivity index (χ2v) is 6.31. The largest absolute Gasteiger partial charge is 0.442 e. The van der Waals surface area contributed by atoms with Crippen LogP contribution in [0.5, 0.6) is 0 Å². The predicted octanol–water partition coefficient (Wildman–Crippen LogP) is 2.50. The van der Waals surface area contributed by atoms with E-state index in [1.165, 1.54) is 0 Å². The fourth-order valence-electron chi connectivity index (χ4n) is 1.73. The summed E-state index contributed by atoms with van der Waals surface area (Å²) in [5.41, 5.74) is -0.606. The van der Waals surface area contributed by atoms with Gasteiger partial charge in [-0.2, -0.15) is 5.06 Å². The molecule has 1 amide bonds. The standard InChI is InChI=1S/C16H25NO5/c1-7-11-20-17(14(18)22-15(2,3)4)10-8-9-13-12-19-16(5,6)21-13/h1,8-9,13H,10-12H2,2-6H3/b9-8-/t13-/m0/s1. The molecule has 1 fully saturated rings. The van der Waals surface area contributed by atoms with E-state index in [0.29, 0.717) is 6.61 Å². The minimum atomic E-state index is -0.606. The molecule has 0 aromatic rings. The van der Waals surface area contributed by atoms with E-state index in [2.05, 4.69) is 5.92 Å². The van der Waals surface area contributed by atoms with Crippen LogP contribution in [-0.2, 0) is 19.0 Å². The molecule has 124 valence electrons. The lowest BCUT2D eigenvalue weighted by molar-refractivity contribution is -0.134. The van der Waals surface area contributed by atoms with E-state index in [0.717, 1.165) is 5.06 Å². The quantitative estimate of drug-likeness (QED) is 0.443. The van der Waals surface area contributed by atoms with Gasteiger partial charge in [0, 0.05) is 0 Å². The second-order valence-electron chi connectivity index (χ2n) is 6.31. The maximum atomic E-state index is 12.0. The van der Waals surface area contributed by atoms with E-state index in [9.17, 15) is 4.79 Å². The molecule has 1 aliphatic rings. The molecule has 0 unspecified atom stereocenters. The Labute approximate surface area is 132 Å². The van der Waals surface area contributed by atoms with Gasteiger partial charge < -0.3 is 14.2 Å². The first-order chi connectivity index (χ1) is 10.1. The number of hydroxylamine groups is 2. The molecular formula is C16H25NO5. The molecule has 22 heavy (non-hydrogen) atoms. The van der Waals surface area contributed by atoms with Crippen molar-refractivity contribution in [3.63, 3.8) is 0 Å². The van der Waals surface area contributed by atoms with Gasteiger partial charge in [-0.3, -0.25) is 4.84 Å². The van der Waals surface area contributed by atoms with Crippen molar-refractivity contribution in [3.05, 3.63) is 12.2 Å². The molecule has 1 rings (SSSR count). The van der Waals surface area contributed by atoms with Gasteiger partial charge in [0.1, 0.15) is 18.3 Å². The monoisotopic (exact) mass is 311 g/mol. The summed E-state index contributed by atoms with van der Waals surface area (Å²) >= 11 is 0. The zero-order chi connectivity index (χ0) is 16.8. The lowest BCUT2D eigenvalue weighted by atomic mass is 10.2. The van der Waals surface area contributed by atoms with E-state index in [1.54, 1.807) is 26.8 Å². The van der Waals surface area contributed by atoms with E-state index < -0.39 is 17.5 Å². The minimum absolute atomic E-state index is 0.0108. The number of nitrogens with zero attached hydrogens (tertiary/aromatic N) is 1. The number of carbonyl (C=O) groups excluding carboxylic acids is 1. The van der Waals surface area contributed by atoms with Crippen LogP contribution in [0.25, 0.3) is 0 Å². The number of hydrogen-bond acceptors (Lipinski definition) is 5. The molecule has 0 N–H and O–H groups in total. The normalized spacial score (nSPS) is 20.8. The van der Waals surface area contributed by atoms with Crippen LogP contribution < -0.4 is 0 Å². The third-order valence-electron chi connectivity index (χ3n) is 2.55. The first kappa shape index (κ1) is 18.5. The molecule has 0 aromatic carbocycles. The highest BCUT2D eigenvalue weighted by Gasteiger charge is 2.31. The van der Waals surface area contributed by atoms with Crippen molar-refractivity contribution in [2.45, 2.75) is 52.1 Å². The third kappa shape index (κ3) is 6.94. The molecule has 0 spiro atoms. The number of hydrogen-bond donors (Lipinski definition) is 0. The number of ether oxygens (including phenoxy) is 3. The molecule has 6 nitrogen and oxygen atoms in total. The Morgan fingerprint density at radius 2 is 2.18 bits per heavy atom. The van der Waals surface area contributed by atoms with Gasteiger partial charge in [0.2, 0.25) is 0 Å². The van der Waals surface area contributed by atoms with Crippen LogP contribution in [0.4, 0.5) is 4.79 Å². The number of carbonyl (C=O) groups is 1. The Hall–Kier alpha value is -1.55. The van der Waals surface area contributed by atoms with Crippen LogP contribution in [0, 0.1) is 12.3 Å². The highest BCUT2D eigenvalue weighted by Crippen LogP contribution is 2.22. The number of amides is 1. The maximum Gasteiger partial charge on any atom is 0.434 e. The summed E-state index contributed by atoms with van der Waals surface area (Å²) in [6.45, 7) is 9.72.